The summed E-state index contributed by atoms with van der Waals surface area (Å²) in [6.07, 6.45) is 3.10. The Morgan fingerprint density at radius 2 is 1.89 bits per heavy atom. The predicted octanol–water partition coefficient (Wildman–Crippen LogP) is 2.51. The molecule has 54 valence electrons. The summed E-state index contributed by atoms with van der Waals surface area (Å²) < 4.78 is 0. The van der Waals surface area contributed by atoms with Crippen LogP contribution in [-0.2, 0) is 0 Å². The Kier molecular flexibility index (Phi) is 3.52. The van der Waals surface area contributed by atoms with E-state index in [1.54, 1.807) is 0 Å². The molecule has 0 aromatic rings. The Morgan fingerprint density at radius 3 is 2.22 bits per heavy atom. The van der Waals surface area contributed by atoms with Crippen LogP contribution in [0.2, 0.25) is 0 Å². The number of aliphatic imine (C=N–C) groups is 1. The molecule has 0 rings (SSSR count). The highest BCUT2D eigenvalue weighted by molar-refractivity contribution is 5.57. The van der Waals surface area contributed by atoms with Crippen LogP contribution in [0.1, 0.15) is 34.1 Å². The van der Waals surface area contributed by atoms with Gasteiger partial charge in [-0.1, -0.05) is 20.8 Å². The molecule has 1 heteroatoms. The van der Waals surface area contributed by atoms with Crippen LogP contribution >= 0.6 is 0 Å². The maximum absolute atomic E-state index is 4.13. The first kappa shape index (κ1) is 8.67. The van der Waals surface area contributed by atoms with E-state index in [-0.39, 0.29) is 0 Å². The van der Waals surface area contributed by atoms with Crippen molar-refractivity contribution in [2.24, 2.45) is 10.4 Å². The number of hydrogen-bond donors (Lipinski definition) is 0. The SMILES string of the molecule is CCN=CCC(C)(C)C. The van der Waals surface area contributed by atoms with Crippen LogP contribution in [-0.4, -0.2) is 12.8 Å². The average Bonchev–Trinajstić information content (AvgIpc) is 1.63. The maximum atomic E-state index is 4.13. The van der Waals surface area contributed by atoms with E-state index in [1.165, 1.54) is 0 Å². The van der Waals surface area contributed by atoms with E-state index < -0.39 is 0 Å². The molecule has 0 aliphatic carbocycles. The Hall–Kier alpha value is -0.330. The summed E-state index contributed by atoms with van der Waals surface area (Å²) >= 11 is 0. The zero-order valence-electron chi connectivity index (χ0n) is 6.94. The molecule has 0 aromatic carbocycles. The fourth-order valence-electron chi connectivity index (χ4n) is 0.468. The van der Waals surface area contributed by atoms with Gasteiger partial charge in [0.15, 0.2) is 0 Å². The molecule has 0 aliphatic heterocycles. The quantitative estimate of drug-likeness (QED) is 0.505. The van der Waals surface area contributed by atoms with Gasteiger partial charge in [-0.05, 0) is 25.0 Å². The average molecular weight is 127 g/mol. The molecule has 0 N–H and O–H groups in total. The standard InChI is InChI=1S/C8H17N/c1-5-9-7-6-8(2,3)4/h7H,5-6H2,1-4H3. The lowest BCUT2D eigenvalue weighted by Crippen LogP contribution is -2.04. The molecule has 1 nitrogen and oxygen atoms in total. The third-order valence-electron chi connectivity index (χ3n) is 1.02. The fourth-order valence-corrected chi connectivity index (χ4v) is 0.468. The normalized spacial score (nSPS) is 12.9. The summed E-state index contributed by atoms with van der Waals surface area (Å²) in [4.78, 5) is 4.13. The number of rotatable bonds is 2. The first-order chi connectivity index (χ1) is 4.06. The van der Waals surface area contributed by atoms with Crippen molar-refractivity contribution in [3.05, 3.63) is 0 Å². The van der Waals surface area contributed by atoms with Crippen molar-refractivity contribution in [2.75, 3.05) is 6.54 Å². The van der Waals surface area contributed by atoms with Crippen molar-refractivity contribution in [1.29, 1.82) is 0 Å². The molecule has 0 unspecified atom stereocenters. The van der Waals surface area contributed by atoms with E-state index in [9.17, 15) is 0 Å². The van der Waals surface area contributed by atoms with Crippen LogP contribution in [0.4, 0.5) is 0 Å². The molecule has 0 saturated heterocycles. The molecule has 0 radical (unpaired) electrons. The maximum Gasteiger partial charge on any atom is 0.0357 e. The first-order valence-corrected chi connectivity index (χ1v) is 3.54. The Labute approximate surface area is 58.2 Å². The third-order valence-corrected chi connectivity index (χ3v) is 1.02. The summed E-state index contributed by atoms with van der Waals surface area (Å²) in [7, 11) is 0. The van der Waals surface area contributed by atoms with Crippen molar-refractivity contribution in [3.63, 3.8) is 0 Å². The molecule has 0 atom stereocenters. The lowest BCUT2D eigenvalue weighted by atomic mass is 9.93. The lowest BCUT2D eigenvalue weighted by molar-refractivity contribution is 0.437. The third kappa shape index (κ3) is 7.67. The fraction of sp³-hybridized carbons (Fsp3) is 0.875. The Morgan fingerprint density at radius 1 is 1.33 bits per heavy atom. The minimum absolute atomic E-state index is 0.401. The van der Waals surface area contributed by atoms with Crippen molar-refractivity contribution in [2.45, 2.75) is 34.1 Å². The van der Waals surface area contributed by atoms with Crippen molar-refractivity contribution in [1.82, 2.24) is 0 Å². The molecule has 9 heavy (non-hydrogen) atoms. The number of hydrogen-bond acceptors (Lipinski definition) is 1. The van der Waals surface area contributed by atoms with E-state index in [0.29, 0.717) is 5.41 Å². The van der Waals surface area contributed by atoms with Crippen LogP contribution in [0.3, 0.4) is 0 Å². The molecule has 0 saturated carbocycles. The van der Waals surface area contributed by atoms with Gasteiger partial charge >= 0.3 is 0 Å². The van der Waals surface area contributed by atoms with E-state index in [1.807, 2.05) is 6.21 Å². The van der Waals surface area contributed by atoms with Gasteiger partial charge < -0.3 is 0 Å². The summed E-state index contributed by atoms with van der Waals surface area (Å²) in [5.74, 6) is 0. The Bertz CT molecular complexity index is 87.2. The second-order valence-corrected chi connectivity index (χ2v) is 3.45. The summed E-state index contributed by atoms with van der Waals surface area (Å²) in [5.41, 5.74) is 0.401. The summed E-state index contributed by atoms with van der Waals surface area (Å²) in [6, 6.07) is 0. The predicted molar refractivity (Wildman–Crippen MR) is 43.1 cm³/mol. The van der Waals surface area contributed by atoms with Gasteiger partial charge in [-0.15, -0.1) is 0 Å². The molecule has 0 bridgehead atoms. The van der Waals surface area contributed by atoms with Crippen LogP contribution in [0.5, 0.6) is 0 Å². The van der Waals surface area contributed by atoms with Crippen LogP contribution in [0.25, 0.3) is 0 Å². The molecule has 0 aromatic heterocycles. The van der Waals surface area contributed by atoms with Gasteiger partial charge in [-0.2, -0.15) is 0 Å². The minimum atomic E-state index is 0.401. The smallest absolute Gasteiger partial charge is 0.0357 e. The first-order valence-electron chi connectivity index (χ1n) is 3.54. The Balaban J connectivity index is 3.38. The van der Waals surface area contributed by atoms with Gasteiger partial charge in [0.2, 0.25) is 0 Å². The summed E-state index contributed by atoms with van der Waals surface area (Å²) in [5, 5.41) is 0. The molecule has 0 amide bonds. The van der Waals surface area contributed by atoms with E-state index >= 15 is 0 Å². The van der Waals surface area contributed by atoms with E-state index in [0.717, 1.165) is 13.0 Å². The van der Waals surface area contributed by atoms with Crippen LogP contribution < -0.4 is 0 Å². The summed E-state index contributed by atoms with van der Waals surface area (Å²) in [6.45, 7) is 9.62. The molecular weight excluding hydrogens is 110 g/mol. The molecule has 0 heterocycles. The monoisotopic (exact) mass is 127 g/mol. The molecular formula is C8H17N. The highest BCUT2D eigenvalue weighted by Gasteiger charge is 2.06. The zero-order valence-corrected chi connectivity index (χ0v) is 6.94. The van der Waals surface area contributed by atoms with Crippen molar-refractivity contribution in [3.8, 4) is 0 Å². The van der Waals surface area contributed by atoms with Gasteiger partial charge in [0, 0.05) is 6.54 Å². The highest BCUT2D eigenvalue weighted by Crippen LogP contribution is 2.15. The van der Waals surface area contributed by atoms with E-state index in [4.69, 9.17) is 0 Å². The number of nitrogens with zero attached hydrogens (tertiary/aromatic N) is 1. The topological polar surface area (TPSA) is 12.4 Å². The highest BCUT2D eigenvalue weighted by atomic mass is 14.7. The van der Waals surface area contributed by atoms with Crippen LogP contribution in [0, 0.1) is 5.41 Å². The zero-order chi connectivity index (χ0) is 7.33. The van der Waals surface area contributed by atoms with Crippen LogP contribution in [0.15, 0.2) is 4.99 Å². The lowest BCUT2D eigenvalue weighted by Gasteiger charge is -2.13. The molecule has 0 fully saturated rings. The second-order valence-electron chi connectivity index (χ2n) is 3.45. The van der Waals surface area contributed by atoms with Crippen molar-refractivity contribution >= 4 is 6.21 Å². The van der Waals surface area contributed by atoms with Gasteiger partial charge in [-0.3, -0.25) is 4.99 Å². The van der Waals surface area contributed by atoms with Gasteiger partial charge in [0.25, 0.3) is 0 Å². The molecule has 0 spiro atoms. The van der Waals surface area contributed by atoms with Gasteiger partial charge in [0.05, 0.1) is 0 Å². The van der Waals surface area contributed by atoms with E-state index in [2.05, 4.69) is 32.7 Å². The largest absolute Gasteiger partial charge is 0.298 e. The van der Waals surface area contributed by atoms with Crippen molar-refractivity contribution < 1.29 is 0 Å². The van der Waals surface area contributed by atoms with Gasteiger partial charge in [0.1, 0.15) is 0 Å². The second kappa shape index (κ2) is 3.65. The minimum Gasteiger partial charge on any atom is -0.298 e. The molecule has 0 aliphatic rings. The van der Waals surface area contributed by atoms with Gasteiger partial charge in [-0.25, -0.2) is 0 Å².